The summed E-state index contributed by atoms with van der Waals surface area (Å²) in [5.41, 5.74) is -0.136. The first-order valence-corrected chi connectivity index (χ1v) is 6.77. The van der Waals surface area contributed by atoms with Crippen LogP contribution in [0.1, 0.15) is 0 Å². The number of hydrogen-bond donors (Lipinski definition) is 1. The Bertz CT molecular complexity index is 530. The molecule has 1 fully saturated rings. The van der Waals surface area contributed by atoms with Crippen molar-refractivity contribution in [3.8, 4) is 17.2 Å². The van der Waals surface area contributed by atoms with Crippen molar-refractivity contribution < 1.29 is 23.9 Å². The van der Waals surface area contributed by atoms with E-state index in [-0.39, 0.29) is 24.1 Å². The Morgan fingerprint density at radius 2 is 2.05 bits per heavy atom. The van der Waals surface area contributed by atoms with E-state index in [0.29, 0.717) is 37.9 Å². The van der Waals surface area contributed by atoms with Crippen LogP contribution in [0.4, 0.5) is 5.69 Å². The molecule has 0 radical (unpaired) electrons. The van der Waals surface area contributed by atoms with Gasteiger partial charge in [-0.2, -0.15) is 0 Å². The molecule has 0 amide bonds. The first-order chi connectivity index (χ1) is 10.2. The molecule has 1 aromatic rings. The SMILES string of the molecule is O=[N+]([O-])c1cc2c(cc1OCC1CNCCO1)OCCO2. The van der Waals surface area contributed by atoms with E-state index in [1.807, 2.05) is 0 Å². The van der Waals surface area contributed by atoms with Crippen molar-refractivity contribution >= 4 is 5.69 Å². The molecule has 0 saturated carbocycles. The van der Waals surface area contributed by atoms with Crippen molar-refractivity contribution in [3.05, 3.63) is 22.2 Å². The molecule has 0 aromatic heterocycles. The van der Waals surface area contributed by atoms with Gasteiger partial charge >= 0.3 is 5.69 Å². The fourth-order valence-corrected chi connectivity index (χ4v) is 2.23. The predicted octanol–water partition coefficient (Wildman–Crippen LogP) is 0.733. The Balaban J connectivity index is 1.77. The number of nitro groups is 1. The normalized spacial score (nSPS) is 20.9. The van der Waals surface area contributed by atoms with Gasteiger partial charge in [-0.15, -0.1) is 0 Å². The van der Waals surface area contributed by atoms with Crippen LogP contribution in [0.3, 0.4) is 0 Å². The summed E-state index contributed by atoms with van der Waals surface area (Å²) in [7, 11) is 0. The summed E-state index contributed by atoms with van der Waals surface area (Å²) in [4.78, 5) is 10.7. The summed E-state index contributed by atoms with van der Waals surface area (Å²) in [6, 6.07) is 2.84. The minimum absolute atomic E-state index is 0.119. The molecule has 1 aromatic carbocycles. The van der Waals surface area contributed by atoms with E-state index >= 15 is 0 Å². The number of nitrogens with one attached hydrogen (secondary N) is 1. The van der Waals surface area contributed by atoms with Gasteiger partial charge in [0.2, 0.25) is 5.75 Å². The summed E-state index contributed by atoms with van der Waals surface area (Å²) < 4.78 is 21.8. The van der Waals surface area contributed by atoms with Crippen LogP contribution in [0.25, 0.3) is 0 Å². The molecule has 0 bridgehead atoms. The molecular weight excluding hydrogens is 280 g/mol. The number of nitrogens with zero attached hydrogens (tertiary/aromatic N) is 1. The summed E-state index contributed by atoms with van der Waals surface area (Å²) >= 11 is 0. The van der Waals surface area contributed by atoms with Gasteiger partial charge in [-0.3, -0.25) is 10.1 Å². The van der Waals surface area contributed by atoms with Gasteiger partial charge in [0.1, 0.15) is 25.9 Å². The zero-order valence-electron chi connectivity index (χ0n) is 11.4. The van der Waals surface area contributed by atoms with Crippen LogP contribution in [-0.4, -0.2) is 50.5 Å². The maximum Gasteiger partial charge on any atom is 0.314 e. The van der Waals surface area contributed by atoms with Crippen LogP contribution in [-0.2, 0) is 4.74 Å². The molecule has 2 heterocycles. The van der Waals surface area contributed by atoms with E-state index in [4.69, 9.17) is 18.9 Å². The van der Waals surface area contributed by atoms with Gasteiger partial charge in [-0.05, 0) is 0 Å². The highest BCUT2D eigenvalue weighted by atomic mass is 16.6. The third kappa shape index (κ3) is 3.17. The van der Waals surface area contributed by atoms with Gasteiger partial charge in [0, 0.05) is 19.2 Å². The average Bonchev–Trinajstić information content (AvgIpc) is 2.53. The number of morpholine rings is 1. The smallest absolute Gasteiger partial charge is 0.314 e. The molecule has 2 aliphatic rings. The van der Waals surface area contributed by atoms with Crippen LogP contribution in [0.5, 0.6) is 17.2 Å². The lowest BCUT2D eigenvalue weighted by Crippen LogP contribution is -2.41. The Morgan fingerprint density at radius 3 is 2.71 bits per heavy atom. The van der Waals surface area contributed by atoms with Gasteiger partial charge in [0.05, 0.1) is 17.6 Å². The number of nitro benzene ring substituents is 1. The van der Waals surface area contributed by atoms with Gasteiger partial charge in [-0.25, -0.2) is 0 Å². The van der Waals surface area contributed by atoms with Crippen LogP contribution in [0.15, 0.2) is 12.1 Å². The number of fused-ring (bicyclic) bond motifs is 1. The lowest BCUT2D eigenvalue weighted by Gasteiger charge is -2.24. The van der Waals surface area contributed by atoms with Crippen LogP contribution in [0.2, 0.25) is 0 Å². The number of benzene rings is 1. The quantitative estimate of drug-likeness (QED) is 0.647. The van der Waals surface area contributed by atoms with E-state index in [2.05, 4.69) is 5.32 Å². The minimum atomic E-state index is -0.493. The Labute approximate surface area is 121 Å². The fraction of sp³-hybridized carbons (Fsp3) is 0.538. The van der Waals surface area contributed by atoms with E-state index in [1.54, 1.807) is 0 Å². The second kappa shape index (κ2) is 6.15. The summed E-state index contributed by atoms with van der Waals surface area (Å²) in [6.45, 7) is 3.12. The van der Waals surface area contributed by atoms with Gasteiger partial charge < -0.3 is 24.3 Å². The molecule has 1 unspecified atom stereocenters. The van der Waals surface area contributed by atoms with Crippen molar-refractivity contribution in [2.75, 3.05) is 39.5 Å². The zero-order chi connectivity index (χ0) is 14.7. The van der Waals surface area contributed by atoms with E-state index in [9.17, 15) is 10.1 Å². The standard InChI is InChI=1S/C13H16N2O6/c16-15(17)10-5-12-13(20-4-3-19-12)6-11(10)21-8-9-7-14-1-2-18-9/h5-6,9,14H,1-4,7-8H2. The molecular formula is C13H16N2O6. The largest absolute Gasteiger partial charge is 0.486 e. The second-order valence-corrected chi connectivity index (χ2v) is 4.73. The summed E-state index contributed by atoms with van der Waals surface area (Å²) in [6.07, 6.45) is -0.119. The third-order valence-corrected chi connectivity index (χ3v) is 3.25. The van der Waals surface area contributed by atoms with Gasteiger partial charge in [-0.1, -0.05) is 0 Å². The van der Waals surface area contributed by atoms with Crippen molar-refractivity contribution in [3.63, 3.8) is 0 Å². The second-order valence-electron chi connectivity index (χ2n) is 4.73. The molecule has 3 rings (SSSR count). The van der Waals surface area contributed by atoms with Crippen LogP contribution < -0.4 is 19.5 Å². The highest BCUT2D eigenvalue weighted by Crippen LogP contribution is 2.40. The van der Waals surface area contributed by atoms with Gasteiger partial charge in [0.15, 0.2) is 11.5 Å². The van der Waals surface area contributed by atoms with Crippen molar-refractivity contribution in [1.29, 1.82) is 0 Å². The van der Waals surface area contributed by atoms with Crippen molar-refractivity contribution in [2.24, 2.45) is 0 Å². The first kappa shape index (κ1) is 13.9. The van der Waals surface area contributed by atoms with Crippen molar-refractivity contribution in [2.45, 2.75) is 6.10 Å². The zero-order valence-corrected chi connectivity index (χ0v) is 11.4. The lowest BCUT2D eigenvalue weighted by atomic mass is 10.2. The first-order valence-electron chi connectivity index (χ1n) is 6.77. The predicted molar refractivity (Wildman–Crippen MR) is 72.2 cm³/mol. The fourth-order valence-electron chi connectivity index (χ4n) is 2.23. The molecule has 1 saturated heterocycles. The summed E-state index contributed by atoms with van der Waals surface area (Å²) in [5, 5.41) is 14.3. The van der Waals surface area contributed by atoms with E-state index < -0.39 is 4.92 Å². The molecule has 1 N–H and O–H groups in total. The minimum Gasteiger partial charge on any atom is -0.486 e. The van der Waals surface area contributed by atoms with Crippen LogP contribution in [0, 0.1) is 10.1 Å². The molecule has 0 spiro atoms. The molecule has 8 heteroatoms. The number of ether oxygens (including phenoxy) is 4. The monoisotopic (exact) mass is 296 g/mol. The van der Waals surface area contributed by atoms with Crippen LogP contribution >= 0.6 is 0 Å². The number of rotatable bonds is 4. The Hall–Kier alpha value is -2.06. The molecule has 0 aliphatic carbocycles. The maximum atomic E-state index is 11.1. The van der Waals surface area contributed by atoms with E-state index in [0.717, 1.165) is 6.54 Å². The number of hydrogen-bond acceptors (Lipinski definition) is 7. The average molecular weight is 296 g/mol. The topological polar surface area (TPSA) is 92.1 Å². The lowest BCUT2D eigenvalue weighted by molar-refractivity contribution is -0.386. The molecule has 8 nitrogen and oxygen atoms in total. The highest BCUT2D eigenvalue weighted by molar-refractivity contribution is 5.58. The maximum absolute atomic E-state index is 11.1. The van der Waals surface area contributed by atoms with Crippen molar-refractivity contribution in [1.82, 2.24) is 5.32 Å². The third-order valence-electron chi connectivity index (χ3n) is 3.25. The van der Waals surface area contributed by atoms with Gasteiger partial charge in [0.25, 0.3) is 0 Å². The summed E-state index contributed by atoms with van der Waals surface area (Å²) in [5.74, 6) is 0.999. The Kier molecular flexibility index (Phi) is 4.07. The van der Waals surface area contributed by atoms with E-state index in [1.165, 1.54) is 12.1 Å². The highest BCUT2D eigenvalue weighted by Gasteiger charge is 2.24. The molecule has 1 atom stereocenters. The Morgan fingerprint density at radius 1 is 1.29 bits per heavy atom. The molecule has 21 heavy (non-hydrogen) atoms. The molecule has 2 aliphatic heterocycles. The molecule has 114 valence electrons.